The Labute approximate surface area is 183 Å². The number of carbonyl (C=O) groups excluding carboxylic acids is 1. The van der Waals surface area contributed by atoms with Crippen LogP contribution in [0.5, 0.6) is 0 Å². The van der Waals surface area contributed by atoms with E-state index in [0.29, 0.717) is 12.8 Å². The minimum atomic E-state index is -0.400. The first-order valence-electron chi connectivity index (χ1n) is 10.6. The van der Waals surface area contributed by atoms with Crippen LogP contribution in [0.2, 0.25) is 0 Å². The van der Waals surface area contributed by atoms with Gasteiger partial charge in [-0.3, -0.25) is 4.79 Å². The molecule has 1 saturated heterocycles. The highest BCUT2D eigenvalue weighted by Gasteiger charge is 2.51. The minimum Gasteiger partial charge on any atom is -0.469 e. The van der Waals surface area contributed by atoms with Crippen molar-refractivity contribution in [1.29, 1.82) is 0 Å². The first kappa shape index (κ1) is 21.5. The number of ether oxygens (including phenoxy) is 1. The number of nitrogens with zero attached hydrogens (tertiary/aromatic N) is 1. The SMILES string of the molecule is COC(=O)CCc1ccc2nc(-c3cccc(B4OC(C)(C)C(C)(C)O4)c3)ccc2c1. The number of hydrogen-bond donors (Lipinski definition) is 0. The van der Waals surface area contributed by atoms with Crippen molar-refractivity contribution in [2.75, 3.05) is 7.11 Å². The van der Waals surface area contributed by atoms with Crippen LogP contribution < -0.4 is 5.46 Å². The first-order chi connectivity index (χ1) is 14.7. The first-order valence-corrected chi connectivity index (χ1v) is 10.6. The molecule has 1 aromatic heterocycles. The van der Waals surface area contributed by atoms with Gasteiger partial charge in [0.05, 0.1) is 29.5 Å². The van der Waals surface area contributed by atoms with Crippen LogP contribution in [0.3, 0.4) is 0 Å². The fourth-order valence-electron chi connectivity index (χ4n) is 3.66. The Morgan fingerprint density at radius 1 is 1.00 bits per heavy atom. The average Bonchev–Trinajstić information content (AvgIpc) is 2.98. The molecule has 1 fully saturated rings. The van der Waals surface area contributed by atoms with Crippen LogP contribution in [0.4, 0.5) is 0 Å². The number of aryl methyl sites for hydroxylation is 1. The van der Waals surface area contributed by atoms with Crippen LogP contribution in [-0.4, -0.2) is 36.4 Å². The molecule has 1 aliphatic heterocycles. The van der Waals surface area contributed by atoms with Crippen molar-refractivity contribution in [3.63, 3.8) is 0 Å². The number of benzene rings is 2. The summed E-state index contributed by atoms with van der Waals surface area (Å²) in [4.78, 5) is 16.2. The molecule has 2 aromatic carbocycles. The third-order valence-corrected chi connectivity index (χ3v) is 6.31. The third kappa shape index (κ3) is 4.36. The second-order valence-electron chi connectivity index (χ2n) is 9.01. The van der Waals surface area contributed by atoms with E-state index >= 15 is 0 Å². The second kappa shape index (κ2) is 8.10. The van der Waals surface area contributed by atoms with E-state index < -0.39 is 7.12 Å². The molecule has 0 bridgehead atoms. The largest absolute Gasteiger partial charge is 0.494 e. The predicted molar refractivity (Wildman–Crippen MR) is 123 cm³/mol. The summed E-state index contributed by atoms with van der Waals surface area (Å²) in [6.07, 6.45) is 1.03. The van der Waals surface area contributed by atoms with Crippen molar-refractivity contribution in [2.45, 2.75) is 51.7 Å². The van der Waals surface area contributed by atoms with Gasteiger partial charge in [-0.05, 0) is 68.9 Å². The number of hydrogen-bond acceptors (Lipinski definition) is 5. The zero-order valence-electron chi connectivity index (χ0n) is 18.8. The lowest BCUT2D eigenvalue weighted by Gasteiger charge is -2.32. The second-order valence-corrected chi connectivity index (χ2v) is 9.01. The highest BCUT2D eigenvalue weighted by atomic mass is 16.7. The normalized spacial score (nSPS) is 17.1. The van der Waals surface area contributed by atoms with Crippen LogP contribution in [0.1, 0.15) is 39.7 Å². The van der Waals surface area contributed by atoms with Crippen LogP contribution in [0.25, 0.3) is 22.2 Å². The quantitative estimate of drug-likeness (QED) is 0.458. The highest BCUT2D eigenvalue weighted by molar-refractivity contribution is 6.62. The van der Waals surface area contributed by atoms with Crippen molar-refractivity contribution in [1.82, 2.24) is 4.98 Å². The van der Waals surface area contributed by atoms with Gasteiger partial charge in [-0.25, -0.2) is 4.98 Å². The summed E-state index contributed by atoms with van der Waals surface area (Å²) >= 11 is 0. The third-order valence-electron chi connectivity index (χ3n) is 6.31. The van der Waals surface area contributed by atoms with Crippen LogP contribution >= 0.6 is 0 Å². The topological polar surface area (TPSA) is 57.7 Å². The summed E-state index contributed by atoms with van der Waals surface area (Å²) in [5.74, 6) is -0.199. The fraction of sp³-hybridized carbons (Fsp3) is 0.360. The maximum Gasteiger partial charge on any atom is 0.494 e. The Hall–Kier alpha value is -2.70. The molecule has 0 aliphatic carbocycles. The highest BCUT2D eigenvalue weighted by Crippen LogP contribution is 2.36. The molecule has 3 aromatic rings. The van der Waals surface area contributed by atoms with E-state index in [0.717, 1.165) is 33.2 Å². The van der Waals surface area contributed by atoms with Gasteiger partial charge < -0.3 is 14.0 Å². The van der Waals surface area contributed by atoms with E-state index in [1.807, 2.05) is 36.4 Å². The molecule has 0 amide bonds. The van der Waals surface area contributed by atoms with Gasteiger partial charge in [0.25, 0.3) is 0 Å². The van der Waals surface area contributed by atoms with Gasteiger partial charge in [0.2, 0.25) is 0 Å². The van der Waals surface area contributed by atoms with E-state index in [1.54, 1.807) is 0 Å². The standard InChI is InChI=1S/C25H28BNO4/c1-24(2)25(3,4)31-26(30-24)20-8-6-7-18(16-20)22-13-11-19-15-17(9-12-21(19)27-22)10-14-23(28)29-5/h6-9,11-13,15-16H,10,14H2,1-5H3. The predicted octanol–water partition coefficient (Wildman–Crippen LogP) is 4.31. The lowest BCUT2D eigenvalue weighted by atomic mass is 9.78. The van der Waals surface area contributed by atoms with Crippen molar-refractivity contribution in [3.05, 3.63) is 60.2 Å². The molecule has 2 heterocycles. The van der Waals surface area contributed by atoms with Crippen molar-refractivity contribution >= 4 is 29.5 Å². The Kier molecular flexibility index (Phi) is 5.62. The lowest BCUT2D eigenvalue weighted by Crippen LogP contribution is -2.41. The Balaban J connectivity index is 1.58. The van der Waals surface area contributed by atoms with Crippen molar-refractivity contribution in [2.24, 2.45) is 0 Å². The molecule has 6 heteroatoms. The van der Waals surface area contributed by atoms with Gasteiger partial charge in [-0.15, -0.1) is 0 Å². The van der Waals surface area contributed by atoms with Gasteiger partial charge in [0, 0.05) is 11.8 Å². The van der Waals surface area contributed by atoms with Gasteiger partial charge in [0.15, 0.2) is 0 Å². The number of aromatic nitrogens is 1. The van der Waals surface area contributed by atoms with Gasteiger partial charge in [0.1, 0.15) is 0 Å². The molecule has 0 radical (unpaired) electrons. The summed E-state index contributed by atoms with van der Waals surface area (Å²) in [5, 5.41) is 1.05. The molecule has 0 atom stereocenters. The molecule has 0 N–H and O–H groups in total. The molecule has 160 valence electrons. The van der Waals surface area contributed by atoms with Gasteiger partial charge in [-0.2, -0.15) is 0 Å². The summed E-state index contributed by atoms with van der Waals surface area (Å²) in [5.41, 5.74) is 4.16. The summed E-state index contributed by atoms with van der Waals surface area (Å²) in [6, 6.07) is 18.4. The maximum atomic E-state index is 11.4. The van der Waals surface area contributed by atoms with E-state index in [-0.39, 0.29) is 17.2 Å². The maximum absolute atomic E-state index is 11.4. The van der Waals surface area contributed by atoms with Gasteiger partial charge >= 0.3 is 13.1 Å². The summed E-state index contributed by atoms with van der Waals surface area (Å²) in [6.45, 7) is 8.23. The van der Waals surface area contributed by atoms with E-state index in [4.69, 9.17) is 19.0 Å². The number of esters is 1. The van der Waals surface area contributed by atoms with E-state index in [1.165, 1.54) is 7.11 Å². The number of fused-ring (bicyclic) bond motifs is 1. The Morgan fingerprint density at radius 2 is 1.74 bits per heavy atom. The zero-order valence-corrected chi connectivity index (χ0v) is 18.8. The number of methoxy groups -OCH3 is 1. The zero-order chi connectivity index (χ0) is 22.2. The van der Waals surface area contributed by atoms with E-state index in [2.05, 4.69) is 45.9 Å². The van der Waals surface area contributed by atoms with Crippen LogP contribution in [0, 0.1) is 0 Å². The fourth-order valence-corrected chi connectivity index (χ4v) is 3.66. The number of rotatable bonds is 5. The molecule has 31 heavy (non-hydrogen) atoms. The molecular weight excluding hydrogens is 389 g/mol. The Bertz CT molecular complexity index is 1110. The van der Waals surface area contributed by atoms with Crippen molar-refractivity contribution in [3.8, 4) is 11.3 Å². The average molecular weight is 417 g/mol. The lowest BCUT2D eigenvalue weighted by molar-refractivity contribution is -0.140. The van der Waals surface area contributed by atoms with Crippen molar-refractivity contribution < 1.29 is 18.8 Å². The summed E-state index contributed by atoms with van der Waals surface area (Å²) < 4.78 is 17.1. The summed E-state index contributed by atoms with van der Waals surface area (Å²) in [7, 11) is 1.01. The molecule has 0 saturated carbocycles. The minimum absolute atomic E-state index is 0.199. The molecule has 5 nitrogen and oxygen atoms in total. The monoisotopic (exact) mass is 417 g/mol. The van der Waals surface area contributed by atoms with Crippen LogP contribution in [0.15, 0.2) is 54.6 Å². The van der Waals surface area contributed by atoms with Crippen LogP contribution in [-0.2, 0) is 25.3 Å². The molecule has 0 spiro atoms. The van der Waals surface area contributed by atoms with Gasteiger partial charge in [-0.1, -0.05) is 36.4 Å². The smallest absolute Gasteiger partial charge is 0.469 e. The van der Waals surface area contributed by atoms with E-state index in [9.17, 15) is 4.79 Å². The Morgan fingerprint density at radius 3 is 2.45 bits per heavy atom. The number of pyridine rings is 1. The molecule has 0 unspecified atom stereocenters. The molecule has 1 aliphatic rings. The number of carbonyl (C=O) groups is 1. The molecular formula is C25H28BNO4. The molecule has 4 rings (SSSR count).